The molecule has 0 aromatic heterocycles. The molecule has 0 fully saturated rings. The van der Waals surface area contributed by atoms with Crippen molar-refractivity contribution >= 4 is 22.6 Å². The van der Waals surface area contributed by atoms with Crippen LogP contribution in [0.1, 0.15) is 49.2 Å². The summed E-state index contributed by atoms with van der Waals surface area (Å²) in [5.74, 6) is -1.74. The zero-order valence-electron chi connectivity index (χ0n) is 20.3. The molecule has 6 nitrogen and oxygen atoms in total. The third-order valence-corrected chi connectivity index (χ3v) is 5.35. The lowest BCUT2D eigenvalue weighted by atomic mass is 10.0. The molecular formula is C27H28F3NO5. The maximum Gasteiger partial charge on any atom is 0.416 e. The van der Waals surface area contributed by atoms with E-state index in [1.54, 1.807) is 45.9 Å². The molecule has 0 aliphatic heterocycles. The topological polar surface area (TPSA) is 84.9 Å². The number of alkyl halides is 3. The highest BCUT2D eigenvalue weighted by Gasteiger charge is 2.32. The molecule has 0 saturated carbocycles. The summed E-state index contributed by atoms with van der Waals surface area (Å²) in [6.07, 6.45) is -5.28. The van der Waals surface area contributed by atoms with Crippen molar-refractivity contribution in [2.45, 2.75) is 58.2 Å². The molecule has 2 N–H and O–H groups in total. The van der Waals surface area contributed by atoms with Crippen molar-refractivity contribution in [3.05, 3.63) is 77.4 Å². The lowest BCUT2D eigenvalue weighted by molar-refractivity contribution is -0.147. The fourth-order valence-electron chi connectivity index (χ4n) is 3.75. The Morgan fingerprint density at radius 3 is 2.19 bits per heavy atom. The number of ether oxygens (including phenoxy) is 2. The summed E-state index contributed by atoms with van der Waals surface area (Å²) >= 11 is 0. The number of amides is 1. The molecule has 0 saturated heterocycles. The number of aliphatic carboxylic acids is 1. The highest BCUT2D eigenvalue weighted by atomic mass is 19.4. The summed E-state index contributed by atoms with van der Waals surface area (Å²) in [5.41, 5.74) is -0.841. The van der Waals surface area contributed by atoms with Crippen LogP contribution >= 0.6 is 0 Å². The molecule has 0 radical (unpaired) electrons. The summed E-state index contributed by atoms with van der Waals surface area (Å²) in [6.45, 7) is 6.80. The quantitative estimate of drug-likeness (QED) is 0.404. The summed E-state index contributed by atoms with van der Waals surface area (Å²) in [6, 6.07) is 13.6. The fraction of sp³-hybridized carbons (Fsp3) is 0.333. The van der Waals surface area contributed by atoms with Gasteiger partial charge in [0.1, 0.15) is 12.4 Å². The van der Waals surface area contributed by atoms with E-state index in [2.05, 4.69) is 5.32 Å². The molecule has 1 amide bonds. The van der Waals surface area contributed by atoms with Crippen LogP contribution in [-0.2, 0) is 22.3 Å². The molecule has 9 heteroatoms. The Morgan fingerprint density at radius 2 is 1.61 bits per heavy atom. The first kappa shape index (κ1) is 27.0. The number of fused-ring (bicyclic) bond motifs is 1. The van der Waals surface area contributed by atoms with Gasteiger partial charge >= 0.3 is 12.1 Å². The Balaban J connectivity index is 1.90. The van der Waals surface area contributed by atoms with E-state index in [1.807, 2.05) is 12.1 Å². The molecule has 3 aromatic rings. The van der Waals surface area contributed by atoms with E-state index in [4.69, 9.17) is 9.47 Å². The molecule has 3 rings (SSSR count). The number of benzene rings is 3. The number of carbonyl (C=O) groups excluding carboxylic acids is 1. The van der Waals surface area contributed by atoms with Crippen LogP contribution in [0.25, 0.3) is 10.8 Å². The molecule has 1 unspecified atom stereocenters. The van der Waals surface area contributed by atoms with E-state index in [0.29, 0.717) is 10.9 Å². The van der Waals surface area contributed by atoms with Crippen LogP contribution in [0.2, 0.25) is 0 Å². The van der Waals surface area contributed by atoms with E-state index in [9.17, 15) is 27.9 Å². The fourth-order valence-corrected chi connectivity index (χ4v) is 3.75. The van der Waals surface area contributed by atoms with Gasteiger partial charge in [0.25, 0.3) is 5.91 Å². The van der Waals surface area contributed by atoms with Gasteiger partial charge in [-0.2, -0.15) is 13.2 Å². The van der Waals surface area contributed by atoms with Crippen LogP contribution in [0.4, 0.5) is 13.2 Å². The van der Waals surface area contributed by atoms with Gasteiger partial charge in [-0.3, -0.25) is 4.79 Å². The van der Waals surface area contributed by atoms with Gasteiger partial charge < -0.3 is 19.9 Å². The van der Waals surface area contributed by atoms with Crippen molar-refractivity contribution in [2.75, 3.05) is 0 Å². The first-order valence-electron chi connectivity index (χ1n) is 11.3. The second kappa shape index (κ2) is 10.6. The Hall–Kier alpha value is -3.59. The number of nitrogens with one attached hydrogen (secondary N) is 1. The summed E-state index contributed by atoms with van der Waals surface area (Å²) in [7, 11) is 0. The molecular weight excluding hydrogens is 475 g/mol. The molecule has 192 valence electrons. The Labute approximate surface area is 207 Å². The van der Waals surface area contributed by atoms with Crippen molar-refractivity contribution in [3.63, 3.8) is 0 Å². The predicted molar refractivity (Wildman–Crippen MR) is 129 cm³/mol. The Kier molecular flexibility index (Phi) is 7.93. The van der Waals surface area contributed by atoms with E-state index in [1.165, 1.54) is 18.2 Å². The van der Waals surface area contributed by atoms with E-state index in [0.717, 1.165) is 17.5 Å². The van der Waals surface area contributed by atoms with E-state index < -0.39 is 41.4 Å². The van der Waals surface area contributed by atoms with Crippen molar-refractivity contribution in [1.29, 1.82) is 0 Å². The second-order valence-corrected chi connectivity index (χ2v) is 9.37. The zero-order chi connectivity index (χ0) is 26.7. The summed E-state index contributed by atoms with van der Waals surface area (Å²) < 4.78 is 50.3. The minimum Gasteiger partial charge on any atom is -0.487 e. The third-order valence-electron chi connectivity index (χ3n) is 5.35. The predicted octanol–water partition coefficient (Wildman–Crippen LogP) is 5.82. The Bertz CT molecular complexity index is 1230. The lowest BCUT2D eigenvalue weighted by Crippen LogP contribution is -2.50. The largest absolute Gasteiger partial charge is 0.487 e. The standard InChI is InChI=1S/C27H28F3NO5/c1-16(36-26(2,3)4)22(25(33)34)31-24(32)21-14-11-18-7-5-6-8-20(18)23(21)35-15-17-9-12-19(13-10-17)27(28,29)30/h5-14,16,22H,15H2,1-4H3,(H,31,32)(H,33,34)/t16-,22?/m1/s1. The number of halogens is 3. The first-order chi connectivity index (χ1) is 16.8. The van der Waals surface area contributed by atoms with Gasteiger partial charge in [-0.05, 0) is 56.8 Å². The minimum absolute atomic E-state index is 0.0924. The smallest absolute Gasteiger partial charge is 0.416 e. The second-order valence-electron chi connectivity index (χ2n) is 9.37. The van der Waals surface area contributed by atoms with Crippen molar-refractivity contribution in [2.24, 2.45) is 0 Å². The lowest BCUT2D eigenvalue weighted by Gasteiger charge is -2.29. The maximum atomic E-state index is 13.2. The van der Waals surface area contributed by atoms with Crippen LogP contribution in [0.5, 0.6) is 5.75 Å². The number of hydrogen-bond acceptors (Lipinski definition) is 4. The van der Waals surface area contributed by atoms with Gasteiger partial charge in [0.05, 0.1) is 22.8 Å². The Morgan fingerprint density at radius 1 is 0.972 bits per heavy atom. The number of carbonyl (C=O) groups is 2. The minimum atomic E-state index is -4.45. The van der Waals surface area contributed by atoms with Crippen LogP contribution in [0.3, 0.4) is 0 Å². The van der Waals surface area contributed by atoms with Crippen LogP contribution < -0.4 is 10.1 Å². The number of hydrogen-bond donors (Lipinski definition) is 2. The van der Waals surface area contributed by atoms with Crippen molar-refractivity contribution < 1.29 is 37.3 Å². The van der Waals surface area contributed by atoms with Gasteiger partial charge in [0.2, 0.25) is 0 Å². The molecule has 36 heavy (non-hydrogen) atoms. The van der Waals surface area contributed by atoms with Crippen LogP contribution in [0.15, 0.2) is 60.7 Å². The first-order valence-corrected chi connectivity index (χ1v) is 11.3. The molecule has 0 spiro atoms. The number of carboxylic acids is 1. The normalized spacial score (nSPS) is 13.8. The highest BCUT2D eigenvalue weighted by molar-refractivity contribution is 6.04. The van der Waals surface area contributed by atoms with E-state index >= 15 is 0 Å². The molecule has 0 bridgehead atoms. The van der Waals surface area contributed by atoms with Crippen LogP contribution in [0, 0.1) is 0 Å². The van der Waals surface area contributed by atoms with Gasteiger partial charge in [-0.25, -0.2) is 4.79 Å². The number of rotatable bonds is 8. The monoisotopic (exact) mass is 503 g/mol. The van der Waals surface area contributed by atoms with Gasteiger partial charge in [-0.15, -0.1) is 0 Å². The molecule has 0 aliphatic carbocycles. The average Bonchev–Trinajstić information content (AvgIpc) is 2.79. The summed E-state index contributed by atoms with van der Waals surface area (Å²) in [4.78, 5) is 25.1. The molecule has 0 aliphatic rings. The van der Waals surface area contributed by atoms with Crippen molar-refractivity contribution in [1.82, 2.24) is 5.32 Å². The van der Waals surface area contributed by atoms with Gasteiger partial charge in [0, 0.05) is 5.39 Å². The van der Waals surface area contributed by atoms with Gasteiger partial charge in [-0.1, -0.05) is 42.5 Å². The zero-order valence-corrected chi connectivity index (χ0v) is 20.3. The number of carboxylic acid groups (broad SMARTS) is 1. The third kappa shape index (κ3) is 6.75. The van der Waals surface area contributed by atoms with E-state index in [-0.39, 0.29) is 17.9 Å². The SMILES string of the molecule is C[C@@H](OC(C)(C)C)C(NC(=O)c1ccc2ccccc2c1OCc1ccc(C(F)(F)F)cc1)C(=O)O. The van der Waals surface area contributed by atoms with Crippen LogP contribution in [-0.4, -0.2) is 34.7 Å². The summed E-state index contributed by atoms with van der Waals surface area (Å²) in [5, 5.41) is 13.6. The molecule has 3 aromatic carbocycles. The molecule has 0 heterocycles. The highest BCUT2D eigenvalue weighted by Crippen LogP contribution is 2.32. The van der Waals surface area contributed by atoms with Gasteiger partial charge in [0.15, 0.2) is 6.04 Å². The van der Waals surface area contributed by atoms with Crippen molar-refractivity contribution in [3.8, 4) is 5.75 Å². The molecule has 2 atom stereocenters. The average molecular weight is 504 g/mol. The maximum absolute atomic E-state index is 13.2.